The molecule has 6 nitrogen and oxygen atoms in total. The van der Waals surface area contributed by atoms with Crippen LogP contribution in [0.15, 0.2) is 54.1 Å². The third kappa shape index (κ3) is 4.13. The van der Waals surface area contributed by atoms with Crippen molar-refractivity contribution in [3.8, 4) is 0 Å². The predicted molar refractivity (Wildman–Crippen MR) is 112 cm³/mol. The maximum absolute atomic E-state index is 12.3. The van der Waals surface area contributed by atoms with Gasteiger partial charge in [-0.25, -0.2) is 4.79 Å². The van der Waals surface area contributed by atoms with Crippen molar-refractivity contribution in [3.63, 3.8) is 0 Å². The van der Waals surface area contributed by atoms with Crippen LogP contribution in [-0.4, -0.2) is 21.4 Å². The number of carbonyl (C=O) groups excluding carboxylic acids is 1. The first kappa shape index (κ1) is 19.3. The average molecular weight is 420 g/mol. The Morgan fingerprint density at radius 1 is 1.26 bits per heavy atom. The van der Waals surface area contributed by atoms with Crippen LogP contribution < -0.4 is 10.6 Å². The fourth-order valence-electron chi connectivity index (χ4n) is 2.81. The van der Waals surface area contributed by atoms with Gasteiger partial charge in [-0.1, -0.05) is 48.1 Å². The van der Waals surface area contributed by atoms with Crippen molar-refractivity contribution in [2.45, 2.75) is 6.04 Å². The Balaban J connectivity index is 2.19. The SMILES string of the molecule is CSC(=S)C1=C(c2ccc(Cl)cc2)NC(=O)NC1c1cccc([N+](=O)[O-])c1. The number of amides is 2. The molecule has 1 unspecified atom stereocenters. The molecule has 2 aromatic carbocycles. The molecule has 0 aliphatic carbocycles. The first-order chi connectivity index (χ1) is 12.9. The molecule has 0 saturated heterocycles. The molecule has 0 saturated carbocycles. The summed E-state index contributed by atoms with van der Waals surface area (Å²) in [5.74, 6) is 0. The van der Waals surface area contributed by atoms with Crippen LogP contribution in [0, 0.1) is 10.1 Å². The zero-order valence-electron chi connectivity index (χ0n) is 14.1. The van der Waals surface area contributed by atoms with Gasteiger partial charge in [-0.3, -0.25) is 10.1 Å². The summed E-state index contributed by atoms with van der Waals surface area (Å²) in [6.07, 6.45) is 1.84. The van der Waals surface area contributed by atoms with Crippen LogP contribution in [0.4, 0.5) is 10.5 Å². The number of nitrogens with one attached hydrogen (secondary N) is 2. The van der Waals surface area contributed by atoms with Crippen LogP contribution in [0.2, 0.25) is 5.02 Å². The first-order valence-electron chi connectivity index (χ1n) is 7.81. The van der Waals surface area contributed by atoms with Gasteiger partial charge in [0.15, 0.2) is 0 Å². The van der Waals surface area contributed by atoms with Crippen LogP contribution >= 0.6 is 35.6 Å². The van der Waals surface area contributed by atoms with Gasteiger partial charge >= 0.3 is 6.03 Å². The molecule has 0 radical (unpaired) electrons. The standard InChI is InChI=1S/C18H14ClN3O3S2/c1-27-17(26)14-15(10-5-7-12(19)8-6-10)20-18(23)21-16(14)11-3-2-4-13(9-11)22(24)25/h2-9,16H,1H3,(H2,20,21,23). The lowest BCUT2D eigenvalue weighted by molar-refractivity contribution is -0.384. The van der Waals surface area contributed by atoms with Crippen molar-refractivity contribution in [1.29, 1.82) is 0 Å². The van der Waals surface area contributed by atoms with E-state index in [1.54, 1.807) is 36.4 Å². The molecule has 0 spiro atoms. The predicted octanol–water partition coefficient (Wildman–Crippen LogP) is 4.70. The Morgan fingerprint density at radius 2 is 1.96 bits per heavy atom. The zero-order chi connectivity index (χ0) is 19.6. The smallest absolute Gasteiger partial charge is 0.320 e. The summed E-state index contributed by atoms with van der Waals surface area (Å²) < 4.78 is 0.573. The van der Waals surface area contributed by atoms with E-state index < -0.39 is 17.0 Å². The van der Waals surface area contributed by atoms with Crippen LogP contribution in [0.5, 0.6) is 0 Å². The number of carbonyl (C=O) groups is 1. The third-order valence-electron chi connectivity index (χ3n) is 4.02. The van der Waals surface area contributed by atoms with Crippen molar-refractivity contribution in [2.75, 3.05) is 6.26 Å². The van der Waals surface area contributed by atoms with Crippen molar-refractivity contribution in [3.05, 3.63) is 80.4 Å². The second-order valence-corrected chi connectivity index (χ2v) is 7.59. The summed E-state index contributed by atoms with van der Waals surface area (Å²) in [4.78, 5) is 23.0. The molecule has 3 rings (SSSR count). The fourth-order valence-corrected chi connectivity index (χ4v) is 3.59. The number of nitrogens with zero attached hydrogens (tertiary/aromatic N) is 1. The molecule has 1 heterocycles. The Kier molecular flexibility index (Phi) is 5.79. The lowest BCUT2D eigenvalue weighted by Gasteiger charge is -2.30. The van der Waals surface area contributed by atoms with Gasteiger partial charge in [0.05, 0.1) is 20.9 Å². The highest BCUT2D eigenvalue weighted by Crippen LogP contribution is 2.35. The van der Waals surface area contributed by atoms with Gasteiger partial charge in [0, 0.05) is 22.7 Å². The molecule has 2 N–H and O–H groups in total. The van der Waals surface area contributed by atoms with E-state index in [-0.39, 0.29) is 5.69 Å². The Labute approximate surface area is 170 Å². The van der Waals surface area contributed by atoms with Crippen LogP contribution in [0.25, 0.3) is 5.70 Å². The number of hydrogen-bond acceptors (Lipinski definition) is 5. The molecule has 138 valence electrons. The van der Waals surface area contributed by atoms with Gasteiger partial charge in [0.1, 0.15) is 0 Å². The average Bonchev–Trinajstić information content (AvgIpc) is 2.67. The van der Waals surface area contributed by atoms with E-state index in [9.17, 15) is 14.9 Å². The van der Waals surface area contributed by atoms with Gasteiger partial charge in [-0.05, 0) is 29.5 Å². The molecule has 2 aromatic rings. The molecule has 2 amide bonds. The number of nitro benzene ring substituents is 1. The summed E-state index contributed by atoms with van der Waals surface area (Å²) in [6.45, 7) is 0. The zero-order valence-corrected chi connectivity index (χ0v) is 16.5. The maximum Gasteiger partial charge on any atom is 0.320 e. The summed E-state index contributed by atoms with van der Waals surface area (Å²) in [6, 6.07) is 12.2. The Morgan fingerprint density at radius 3 is 2.59 bits per heavy atom. The van der Waals surface area contributed by atoms with Crippen LogP contribution in [0.1, 0.15) is 17.2 Å². The van der Waals surface area contributed by atoms with Gasteiger partial charge in [-0.2, -0.15) is 0 Å². The summed E-state index contributed by atoms with van der Waals surface area (Å²) in [5, 5.41) is 17.3. The van der Waals surface area contributed by atoms with E-state index in [0.717, 1.165) is 5.56 Å². The van der Waals surface area contributed by atoms with Crippen molar-refractivity contribution in [1.82, 2.24) is 10.6 Å². The van der Waals surface area contributed by atoms with E-state index in [2.05, 4.69) is 10.6 Å². The minimum atomic E-state index is -0.607. The van der Waals surface area contributed by atoms with Gasteiger partial charge in [0.25, 0.3) is 5.69 Å². The number of rotatable bonds is 4. The Bertz CT molecular complexity index is 961. The summed E-state index contributed by atoms with van der Waals surface area (Å²) in [7, 11) is 0. The Hall–Kier alpha value is -2.42. The van der Waals surface area contributed by atoms with Crippen molar-refractivity contribution >= 4 is 57.2 Å². The first-order valence-corrected chi connectivity index (χ1v) is 9.82. The molecular weight excluding hydrogens is 406 g/mol. The van der Waals surface area contributed by atoms with E-state index in [0.29, 0.717) is 26.1 Å². The lowest BCUT2D eigenvalue weighted by atomic mass is 9.93. The quantitative estimate of drug-likeness (QED) is 0.426. The van der Waals surface area contributed by atoms with Crippen LogP contribution in [-0.2, 0) is 0 Å². The molecule has 0 fully saturated rings. The molecule has 1 aliphatic heterocycles. The van der Waals surface area contributed by atoms with E-state index in [1.165, 1.54) is 23.9 Å². The largest absolute Gasteiger partial charge is 0.327 e. The minimum Gasteiger partial charge on any atom is -0.327 e. The second-order valence-electron chi connectivity index (χ2n) is 5.67. The topological polar surface area (TPSA) is 84.3 Å². The number of halogens is 1. The highest BCUT2D eigenvalue weighted by Gasteiger charge is 2.31. The monoisotopic (exact) mass is 419 g/mol. The number of nitro groups is 1. The number of urea groups is 1. The van der Waals surface area contributed by atoms with Gasteiger partial charge < -0.3 is 10.6 Å². The van der Waals surface area contributed by atoms with E-state index >= 15 is 0 Å². The highest BCUT2D eigenvalue weighted by molar-refractivity contribution is 8.23. The summed E-state index contributed by atoms with van der Waals surface area (Å²) in [5.41, 5.74) is 2.52. The number of thiocarbonyl (C=S) groups is 1. The van der Waals surface area contributed by atoms with E-state index in [1.807, 2.05) is 6.26 Å². The number of benzene rings is 2. The van der Waals surface area contributed by atoms with Crippen molar-refractivity contribution in [2.24, 2.45) is 0 Å². The summed E-state index contributed by atoms with van der Waals surface area (Å²) >= 11 is 12.9. The highest BCUT2D eigenvalue weighted by atomic mass is 35.5. The van der Waals surface area contributed by atoms with Crippen molar-refractivity contribution < 1.29 is 9.72 Å². The molecule has 0 bridgehead atoms. The normalized spacial score (nSPS) is 16.5. The molecular formula is C18H14ClN3O3S2. The van der Waals surface area contributed by atoms with Gasteiger partial charge in [-0.15, -0.1) is 11.8 Å². The number of non-ortho nitro benzene ring substituents is 1. The number of thioether (sulfide) groups is 1. The molecule has 1 aliphatic rings. The molecule has 9 heteroatoms. The van der Waals surface area contributed by atoms with E-state index in [4.69, 9.17) is 23.8 Å². The molecule has 1 atom stereocenters. The molecule has 0 aromatic heterocycles. The molecule has 27 heavy (non-hydrogen) atoms. The van der Waals surface area contributed by atoms with Gasteiger partial charge in [0.2, 0.25) is 0 Å². The lowest BCUT2D eigenvalue weighted by Crippen LogP contribution is -2.44. The maximum atomic E-state index is 12.3. The minimum absolute atomic E-state index is 0.0530. The van der Waals surface area contributed by atoms with Crippen LogP contribution in [0.3, 0.4) is 0 Å². The third-order valence-corrected chi connectivity index (χ3v) is 5.59. The number of hydrogen-bond donors (Lipinski definition) is 2. The fraction of sp³-hybridized carbons (Fsp3) is 0.111. The second kappa shape index (κ2) is 8.08.